The third-order valence-electron chi connectivity index (χ3n) is 5.98. The number of aromatic nitrogens is 1. The first kappa shape index (κ1) is 13.4. The normalized spacial score (nSPS) is 44.0. The summed E-state index contributed by atoms with van der Waals surface area (Å²) in [6, 6.07) is 1.79. The molecule has 4 atom stereocenters. The lowest BCUT2D eigenvalue weighted by Gasteiger charge is -2.64. The van der Waals surface area contributed by atoms with Gasteiger partial charge in [-0.1, -0.05) is 19.0 Å². The van der Waals surface area contributed by atoms with Crippen LogP contribution in [-0.4, -0.2) is 11.1 Å². The molecular formula is C17H24N2O2. The minimum absolute atomic E-state index is 0.164. The van der Waals surface area contributed by atoms with Crippen molar-refractivity contribution >= 4 is 11.7 Å². The largest absolute Gasteiger partial charge is 0.360 e. The van der Waals surface area contributed by atoms with E-state index in [1.54, 1.807) is 6.07 Å². The molecule has 21 heavy (non-hydrogen) atoms. The molecule has 0 aliphatic heterocycles. The molecule has 2 unspecified atom stereocenters. The average Bonchev–Trinajstić information content (AvgIpc) is 2.69. The van der Waals surface area contributed by atoms with Crippen molar-refractivity contribution in [2.75, 3.05) is 5.32 Å². The predicted octanol–water partition coefficient (Wildman–Crippen LogP) is 3.92. The lowest BCUT2D eigenvalue weighted by Crippen LogP contribution is -2.58. The van der Waals surface area contributed by atoms with Crippen LogP contribution in [0.3, 0.4) is 0 Å². The second-order valence-electron chi connectivity index (χ2n) is 8.69. The fraction of sp³-hybridized carbons (Fsp3) is 0.765. The molecule has 4 aliphatic rings. The number of hydrogen-bond acceptors (Lipinski definition) is 3. The van der Waals surface area contributed by atoms with Crippen LogP contribution in [0.25, 0.3) is 0 Å². The van der Waals surface area contributed by atoms with E-state index in [1.165, 1.54) is 19.3 Å². The maximum Gasteiger partial charge on any atom is 0.231 e. The lowest BCUT2D eigenvalue weighted by atomic mass is 9.40. The SMILES string of the molecule is Cc1cc(NC(=O)C23CC4C[C@@](C)(C2)C[C@](C)(C4)C3)no1. The van der Waals surface area contributed by atoms with E-state index in [2.05, 4.69) is 24.3 Å². The molecule has 4 fully saturated rings. The number of nitrogens with one attached hydrogen (secondary N) is 1. The molecule has 4 aliphatic carbocycles. The van der Waals surface area contributed by atoms with E-state index in [4.69, 9.17) is 4.52 Å². The summed E-state index contributed by atoms with van der Waals surface area (Å²) in [7, 11) is 0. The van der Waals surface area contributed by atoms with Crippen LogP contribution in [-0.2, 0) is 4.79 Å². The molecule has 0 aromatic carbocycles. The minimum atomic E-state index is -0.185. The Morgan fingerprint density at radius 2 is 1.90 bits per heavy atom. The number of carbonyl (C=O) groups excluding carboxylic acids is 1. The van der Waals surface area contributed by atoms with Gasteiger partial charge in [0.15, 0.2) is 5.82 Å². The van der Waals surface area contributed by atoms with E-state index >= 15 is 0 Å². The van der Waals surface area contributed by atoms with Gasteiger partial charge in [-0.25, -0.2) is 0 Å². The van der Waals surface area contributed by atoms with Crippen LogP contribution >= 0.6 is 0 Å². The van der Waals surface area contributed by atoms with E-state index in [-0.39, 0.29) is 11.3 Å². The van der Waals surface area contributed by atoms with Gasteiger partial charge >= 0.3 is 0 Å². The van der Waals surface area contributed by atoms with Gasteiger partial charge in [0.25, 0.3) is 0 Å². The van der Waals surface area contributed by atoms with Crippen LogP contribution in [0, 0.1) is 29.1 Å². The molecule has 1 aromatic rings. The number of amides is 1. The lowest BCUT2D eigenvalue weighted by molar-refractivity contribution is -0.165. The number of aryl methyl sites for hydroxylation is 1. The van der Waals surface area contributed by atoms with E-state index in [0.717, 1.165) is 30.9 Å². The molecule has 0 radical (unpaired) electrons. The first-order valence-electron chi connectivity index (χ1n) is 8.05. The number of anilines is 1. The summed E-state index contributed by atoms with van der Waals surface area (Å²) in [6.45, 7) is 6.62. The minimum Gasteiger partial charge on any atom is -0.360 e. The summed E-state index contributed by atoms with van der Waals surface area (Å²) in [5, 5.41) is 6.92. The van der Waals surface area contributed by atoms with Crippen molar-refractivity contribution in [3.8, 4) is 0 Å². The van der Waals surface area contributed by atoms with Crippen LogP contribution in [0.1, 0.15) is 58.1 Å². The van der Waals surface area contributed by atoms with Gasteiger partial charge < -0.3 is 9.84 Å². The van der Waals surface area contributed by atoms with Crippen molar-refractivity contribution in [2.24, 2.45) is 22.2 Å². The van der Waals surface area contributed by atoms with Crippen molar-refractivity contribution in [1.82, 2.24) is 5.16 Å². The predicted molar refractivity (Wildman–Crippen MR) is 79.7 cm³/mol. The molecule has 1 N–H and O–H groups in total. The number of hydrogen-bond donors (Lipinski definition) is 1. The van der Waals surface area contributed by atoms with Gasteiger partial charge in [0.05, 0.1) is 5.41 Å². The molecule has 0 spiro atoms. The van der Waals surface area contributed by atoms with E-state index in [9.17, 15) is 4.79 Å². The Hall–Kier alpha value is -1.32. The van der Waals surface area contributed by atoms with Gasteiger partial charge in [-0.2, -0.15) is 0 Å². The quantitative estimate of drug-likeness (QED) is 0.897. The summed E-state index contributed by atoms with van der Waals surface area (Å²) >= 11 is 0. The summed E-state index contributed by atoms with van der Waals surface area (Å²) in [5.74, 6) is 2.18. The van der Waals surface area contributed by atoms with Crippen LogP contribution in [0.4, 0.5) is 5.82 Å². The molecule has 1 amide bonds. The van der Waals surface area contributed by atoms with E-state index in [1.807, 2.05) is 6.92 Å². The average molecular weight is 288 g/mol. The Morgan fingerprint density at radius 1 is 1.24 bits per heavy atom. The van der Waals surface area contributed by atoms with Gasteiger partial charge in [-0.15, -0.1) is 0 Å². The Kier molecular flexibility index (Phi) is 2.48. The molecule has 5 rings (SSSR count). The first-order valence-corrected chi connectivity index (χ1v) is 8.05. The number of nitrogens with zero attached hydrogens (tertiary/aromatic N) is 1. The van der Waals surface area contributed by atoms with Crippen LogP contribution < -0.4 is 5.32 Å². The van der Waals surface area contributed by atoms with Gasteiger partial charge in [0.2, 0.25) is 5.91 Å². The molecule has 1 aromatic heterocycles. The molecule has 4 bridgehead atoms. The topological polar surface area (TPSA) is 55.1 Å². The second-order valence-corrected chi connectivity index (χ2v) is 8.69. The van der Waals surface area contributed by atoms with Crippen molar-refractivity contribution < 1.29 is 9.32 Å². The molecule has 0 saturated heterocycles. The highest BCUT2D eigenvalue weighted by Gasteiger charge is 2.62. The van der Waals surface area contributed by atoms with Crippen LogP contribution in [0.15, 0.2) is 10.6 Å². The Balaban J connectivity index is 1.63. The second kappa shape index (κ2) is 3.90. The zero-order valence-electron chi connectivity index (χ0n) is 13.2. The number of rotatable bonds is 2. The van der Waals surface area contributed by atoms with Crippen molar-refractivity contribution in [1.29, 1.82) is 0 Å². The monoisotopic (exact) mass is 288 g/mol. The van der Waals surface area contributed by atoms with Gasteiger partial charge in [0.1, 0.15) is 5.76 Å². The fourth-order valence-corrected chi connectivity index (χ4v) is 6.38. The highest BCUT2D eigenvalue weighted by molar-refractivity contribution is 5.95. The highest BCUT2D eigenvalue weighted by atomic mass is 16.5. The molecular weight excluding hydrogens is 264 g/mol. The van der Waals surface area contributed by atoms with Gasteiger partial charge in [-0.3, -0.25) is 4.79 Å². The Labute approximate surface area is 125 Å². The Morgan fingerprint density at radius 3 is 2.43 bits per heavy atom. The van der Waals surface area contributed by atoms with Gasteiger partial charge in [0, 0.05) is 6.07 Å². The maximum absolute atomic E-state index is 13.0. The summed E-state index contributed by atoms with van der Waals surface area (Å²) in [6.07, 6.45) is 7.03. The van der Waals surface area contributed by atoms with E-state index in [0.29, 0.717) is 16.6 Å². The third-order valence-corrected chi connectivity index (χ3v) is 5.98. The highest BCUT2D eigenvalue weighted by Crippen LogP contribution is 2.69. The van der Waals surface area contributed by atoms with Crippen LogP contribution in [0.5, 0.6) is 0 Å². The molecule has 4 nitrogen and oxygen atoms in total. The van der Waals surface area contributed by atoms with Crippen molar-refractivity contribution in [3.63, 3.8) is 0 Å². The smallest absolute Gasteiger partial charge is 0.231 e. The fourth-order valence-electron chi connectivity index (χ4n) is 6.38. The number of carbonyl (C=O) groups is 1. The summed E-state index contributed by atoms with van der Waals surface area (Å²) < 4.78 is 5.06. The molecule has 114 valence electrons. The molecule has 4 heteroatoms. The molecule has 1 heterocycles. The third kappa shape index (κ3) is 2.02. The van der Waals surface area contributed by atoms with Crippen molar-refractivity contribution in [2.45, 2.75) is 59.3 Å². The zero-order chi connectivity index (χ0) is 14.9. The Bertz CT molecular complexity index is 588. The van der Waals surface area contributed by atoms with E-state index < -0.39 is 0 Å². The van der Waals surface area contributed by atoms with Gasteiger partial charge in [-0.05, 0) is 62.2 Å². The zero-order valence-corrected chi connectivity index (χ0v) is 13.2. The molecule has 4 saturated carbocycles. The van der Waals surface area contributed by atoms with Crippen molar-refractivity contribution in [3.05, 3.63) is 11.8 Å². The summed E-state index contributed by atoms with van der Waals surface area (Å²) in [5.41, 5.74) is 0.520. The first-order chi connectivity index (χ1) is 9.80. The maximum atomic E-state index is 13.0. The summed E-state index contributed by atoms with van der Waals surface area (Å²) in [4.78, 5) is 13.0. The van der Waals surface area contributed by atoms with Crippen LogP contribution in [0.2, 0.25) is 0 Å². The standard InChI is InChI=1S/C17H24N2O2/c1-11-4-13(19-21-11)18-14(20)17-7-12-5-15(2,9-17)8-16(3,6-12)10-17/h4,12H,5-10H2,1-3H3,(H,18,19,20)/t12?,15-,16+,17?.